The van der Waals surface area contributed by atoms with Crippen LogP contribution in [0, 0.1) is 0 Å². The van der Waals surface area contributed by atoms with Crippen molar-refractivity contribution in [2.45, 2.75) is 19.2 Å². The van der Waals surface area contributed by atoms with Crippen molar-refractivity contribution in [3.8, 4) is 0 Å². The van der Waals surface area contributed by atoms with Crippen LogP contribution in [0.4, 0.5) is 5.82 Å². The molecule has 2 N–H and O–H groups in total. The summed E-state index contributed by atoms with van der Waals surface area (Å²) in [6.07, 6.45) is 2.14. The number of fused-ring (bicyclic) bond motifs is 1. The van der Waals surface area contributed by atoms with E-state index in [-0.39, 0.29) is 13.2 Å². The zero-order valence-corrected chi connectivity index (χ0v) is 12.8. The SMILES string of the molecule is CN(Cc1nnnn1C)c1ncnc2c1ncn2CC(O)CO. The van der Waals surface area contributed by atoms with E-state index >= 15 is 0 Å². The minimum Gasteiger partial charge on any atom is -0.394 e. The highest BCUT2D eigenvalue weighted by Crippen LogP contribution is 2.21. The second-order valence-corrected chi connectivity index (χ2v) is 5.18. The number of tetrazole rings is 1. The summed E-state index contributed by atoms with van der Waals surface area (Å²) in [5.74, 6) is 1.32. The Morgan fingerprint density at radius 3 is 2.83 bits per heavy atom. The maximum Gasteiger partial charge on any atom is 0.170 e. The van der Waals surface area contributed by atoms with Crippen LogP contribution in [-0.4, -0.2) is 69.7 Å². The van der Waals surface area contributed by atoms with Crippen LogP contribution in [0.15, 0.2) is 12.7 Å². The van der Waals surface area contributed by atoms with Crippen molar-refractivity contribution in [1.82, 2.24) is 39.7 Å². The summed E-state index contributed by atoms with van der Waals surface area (Å²) >= 11 is 0. The van der Waals surface area contributed by atoms with Gasteiger partial charge in [0, 0.05) is 14.1 Å². The Morgan fingerprint density at radius 1 is 1.30 bits per heavy atom. The Balaban J connectivity index is 1.90. The summed E-state index contributed by atoms with van der Waals surface area (Å²) < 4.78 is 3.27. The van der Waals surface area contributed by atoms with Gasteiger partial charge in [0.15, 0.2) is 22.8 Å². The van der Waals surface area contributed by atoms with Crippen LogP contribution in [0.25, 0.3) is 11.2 Å². The molecule has 0 amide bonds. The lowest BCUT2D eigenvalue weighted by atomic mass is 10.3. The lowest BCUT2D eigenvalue weighted by molar-refractivity contribution is 0.0820. The molecule has 3 heterocycles. The van der Waals surface area contributed by atoms with Gasteiger partial charge in [-0.05, 0) is 10.4 Å². The fourth-order valence-electron chi connectivity index (χ4n) is 2.23. The molecule has 11 nitrogen and oxygen atoms in total. The zero-order chi connectivity index (χ0) is 16.4. The molecule has 0 aliphatic carbocycles. The van der Waals surface area contributed by atoms with Gasteiger partial charge >= 0.3 is 0 Å². The molecule has 3 aromatic rings. The van der Waals surface area contributed by atoms with Crippen molar-refractivity contribution in [2.75, 3.05) is 18.6 Å². The van der Waals surface area contributed by atoms with Crippen molar-refractivity contribution >= 4 is 17.0 Å². The monoisotopic (exact) mass is 319 g/mol. The standard InChI is InChI=1S/C12H17N9O2/c1-19(4-9-16-17-18-20(9)2)11-10-12(14-6-13-11)21(7-15-10)3-8(23)5-22/h6-8,22-23H,3-5H2,1-2H3. The van der Waals surface area contributed by atoms with Gasteiger partial charge in [0.1, 0.15) is 6.33 Å². The predicted molar refractivity (Wildman–Crippen MR) is 79.3 cm³/mol. The minimum absolute atomic E-state index is 0.209. The summed E-state index contributed by atoms with van der Waals surface area (Å²) in [6, 6.07) is 0. The van der Waals surface area contributed by atoms with Crippen LogP contribution in [0.2, 0.25) is 0 Å². The molecular formula is C12H17N9O2. The van der Waals surface area contributed by atoms with E-state index < -0.39 is 6.10 Å². The second kappa shape index (κ2) is 6.22. The molecule has 0 aliphatic heterocycles. The van der Waals surface area contributed by atoms with Gasteiger partial charge in [-0.25, -0.2) is 19.6 Å². The lowest BCUT2D eigenvalue weighted by Crippen LogP contribution is -2.21. The molecule has 3 aromatic heterocycles. The van der Waals surface area contributed by atoms with E-state index in [1.165, 1.54) is 6.33 Å². The van der Waals surface area contributed by atoms with E-state index in [4.69, 9.17) is 5.11 Å². The summed E-state index contributed by atoms with van der Waals surface area (Å²) in [7, 11) is 3.63. The Bertz CT molecular complexity index is 799. The number of aliphatic hydroxyl groups excluding tert-OH is 2. The molecule has 0 aromatic carbocycles. The van der Waals surface area contributed by atoms with Gasteiger partial charge in [-0.1, -0.05) is 0 Å². The Morgan fingerprint density at radius 2 is 2.13 bits per heavy atom. The van der Waals surface area contributed by atoms with Crippen LogP contribution >= 0.6 is 0 Å². The van der Waals surface area contributed by atoms with Crippen molar-refractivity contribution in [3.63, 3.8) is 0 Å². The molecular weight excluding hydrogens is 302 g/mol. The van der Waals surface area contributed by atoms with Gasteiger partial charge in [0.05, 0.1) is 32.1 Å². The van der Waals surface area contributed by atoms with Gasteiger partial charge in [-0.15, -0.1) is 5.10 Å². The molecule has 11 heteroatoms. The number of aromatic nitrogens is 8. The van der Waals surface area contributed by atoms with Crippen molar-refractivity contribution in [3.05, 3.63) is 18.5 Å². The highest BCUT2D eigenvalue weighted by Gasteiger charge is 2.16. The maximum atomic E-state index is 9.59. The van der Waals surface area contributed by atoms with Crippen LogP contribution < -0.4 is 4.90 Å². The summed E-state index contributed by atoms with van der Waals surface area (Å²) in [5.41, 5.74) is 1.20. The van der Waals surface area contributed by atoms with E-state index in [0.717, 1.165) is 0 Å². The number of hydrogen-bond acceptors (Lipinski definition) is 9. The number of aliphatic hydroxyl groups is 2. The third-order valence-electron chi connectivity index (χ3n) is 3.45. The van der Waals surface area contributed by atoms with Gasteiger partial charge in [0.25, 0.3) is 0 Å². The molecule has 0 saturated carbocycles. The van der Waals surface area contributed by atoms with Gasteiger partial charge in [0.2, 0.25) is 0 Å². The van der Waals surface area contributed by atoms with Crippen LogP contribution in [0.1, 0.15) is 5.82 Å². The summed E-state index contributed by atoms with van der Waals surface area (Å²) in [6.45, 7) is 0.346. The molecule has 0 radical (unpaired) electrons. The quantitative estimate of drug-likeness (QED) is 0.548. The first kappa shape index (κ1) is 15.2. The number of aryl methyl sites for hydroxylation is 1. The van der Waals surface area contributed by atoms with Gasteiger partial charge < -0.3 is 19.7 Å². The second-order valence-electron chi connectivity index (χ2n) is 5.18. The molecule has 3 rings (SSSR count). The number of imidazole rings is 1. The van der Waals surface area contributed by atoms with Gasteiger partial charge in [-0.2, -0.15) is 0 Å². The summed E-state index contributed by atoms with van der Waals surface area (Å²) in [5, 5.41) is 29.9. The summed E-state index contributed by atoms with van der Waals surface area (Å²) in [4.78, 5) is 14.7. The van der Waals surface area contributed by atoms with Gasteiger partial charge in [-0.3, -0.25) is 0 Å². The van der Waals surface area contributed by atoms with E-state index in [1.54, 1.807) is 22.6 Å². The normalized spacial score (nSPS) is 12.7. The molecule has 0 aliphatic rings. The van der Waals surface area contributed by atoms with E-state index in [0.29, 0.717) is 29.4 Å². The molecule has 0 fully saturated rings. The molecule has 23 heavy (non-hydrogen) atoms. The van der Waals surface area contributed by atoms with Crippen LogP contribution in [0.5, 0.6) is 0 Å². The first-order valence-corrected chi connectivity index (χ1v) is 6.97. The van der Waals surface area contributed by atoms with E-state index in [2.05, 4.69) is 30.5 Å². The van der Waals surface area contributed by atoms with Crippen LogP contribution in [-0.2, 0) is 20.1 Å². The Labute approximate surface area is 131 Å². The largest absolute Gasteiger partial charge is 0.394 e. The highest BCUT2D eigenvalue weighted by atomic mass is 16.3. The smallest absolute Gasteiger partial charge is 0.170 e. The first-order chi connectivity index (χ1) is 11.1. The fraction of sp³-hybridized carbons (Fsp3) is 0.500. The first-order valence-electron chi connectivity index (χ1n) is 6.97. The van der Waals surface area contributed by atoms with Crippen molar-refractivity contribution in [1.29, 1.82) is 0 Å². The number of hydrogen-bond donors (Lipinski definition) is 2. The Hall–Kier alpha value is -2.66. The average molecular weight is 319 g/mol. The van der Waals surface area contributed by atoms with Crippen LogP contribution in [0.3, 0.4) is 0 Å². The molecule has 0 saturated heterocycles. The number of rotatable bonds is 6. The predicted octanol–water partition coefficient (Wildman–Crippen LogP) is -1.66. The molecule has 0 bridgehead atoms. The van der Waals surface area contributed by atoms with E-state index in [1.807, 2.05) is 11.9 Å². The molecule has 1 atom stereocenters. The van der Waals surface area contributed by atoms with Crippen molar-refractivity contribution < 1.29 is 10.2 Å². The molecule has 122 valence electrons. The number of nitrogens with zero attached hydrogens (tertiary/aromatic N) is 9. The third-order valence-corrected chi connectivity index (χ3v) is 3.45. The molecule has 1 unspecified atom stereocenters. The molecule has 0 spiro atoms. The fourth-order valence-corrected chi connectivity index (χ4v) is 2.23. The third kappa shape index (κ3) is 2.96. The maximum absolute atomic E-state index is 9.59. The average Bonchev–Trinajstić information content (AvgIpc) is 3.14. The topological polar surface area (TPSA) is 131 Å². The van der Waals surface area contributed by atoms with E-state index in [9.17, 15) is 5.11 Å². The van der Waals surface area contributed by atoms with Crippen molar-refractivity contribution in [2.24, 2.45) is 7.05 Å². The minimum atomic E-state index is -0.867. The zero-order valence-electron chi connectivity index (χ0n) is 12.8. The highest BCUT2D eigenvalue weighted by molar-refractivity contribution is 5.83. The Kier molecular flexibility index (Phi) is 4.12. The number of anilines is 1. The lowest BCUT2D eigenvalue weighted by Gasteiger charge is -2.17.